The van der Waals surface area contributed by atoms with Gasteiger partial charge in [0.25, 0.3) is 0 Å². The number of nitrogens with zero attached hydrogens (tertiary/aromatic N) is 1. The lowest BCUT2D eigenvalue weighted by atomic mass is 9.95. The molecule has 27 heavy (non-hydrogen) atoms. The van der Waals surface area contributed by atoms with Crippen LogP contribution in [-0.4, -0.2) is 42.9 Å². The van der Waals surface area contributed by atoms with Gasteiger partial charge in [-0.15, -0.1) is 0 Å². The molecule has 0 aliphatic carbocycles. The molecule has 1 unspecified atom stereocenters. The summed E-state index contributed by atoms with van der Waals surface area (Å²) in [6.07, 6.45) is 4.14. The van der Waals surface area contributed by atoms with Crippen molar-refractivity contribution >= 4 is 11.8 Å². The molecule has 2 heterocycles. The van der Waals surface area contributed by atoms with E-state index in [1.165, 1.54) is 12.5 Å². The molecule has 1 aromatic carbocycles. The minimum absolute atomic E-state index is 0.000104. The fourth-order valence-corrected chi connectivity index (χ4v) is 3.92. The van der Waals surface area contributed by atoms with Crippen LogP contribution in [0.15, 0.2) is 18.2 Å². The lowest BCUT2D eigenvalue weighted by Crippen LogP contribution is -2.43. The summed E-state index contributed by atoms with van der Waals surface area (Å²) >= 11 is 0. The van der Waals surface area contributed by atoms with Gasteiger partial charge >= 0.3 is 0 Å². The van der Waals surface area contributed by atoms with Gasteiger partial charge in [0.1, 0.15) is 5.82 Å². The smallest absolute Gasteiger partial charge is 0.223 e. The number of piperidine rings is 1. The zero-order valence-corrected chi connectivity index (χ0v) is 16.1. The Bertz CT molecular complexity index is 665. The first-order chi connectivity index (χ1) is 13.0. The fourth-order valence-electron chi connectivity index (χ4n) is 3.92. The quantitative estimate of drug-likeness (QED) is 0.803. The summed E-state index contributed by atoms with van der Waals surface area (Å²) in [5.74, 6) is 0.533. The number of aryl methyl sites for hydroxylation is 1. The molecule has 2 amide bonds. The lowest BCUT2D eigenvalue weighted by molar-refractivity contribution is -0.135. The number of hydrogen-bond acceptors (Lipinski definition) is 3. The maximum absolute atomic E-state index is 13.6. The predicted molar refractivity (Wildman–Crippen MR) is 102 cm³/mol. The number of hydrogen-bond donors (Lipinski definition) is 2. The molecule has 5 nitrogen and oxygen atoms in total. The minimum Gasteiger partial charge on any atom is -0.352 e. The van der Waals surface area contributed by atoms with Gasteiger partial charge in [-0.05, 0) is 68.8 Å². The standard InChI is InChI=1S/C21H30FN3O2/c1-15-2-3-17(12-19(15)22)14-24-21(27)18-7-10-25(11-8-18)20(26)5-4-16-6-9-23-13-16/h2-3,12,16,18,23H,4-11,13-14H2,1H3,(H,24,27). The predicted octanol–water partition coefficient (Wildman–Crippen LogP) is 2.38. The highest BCUT2D eigenvalue weighted by Gasteiger charge is 2.27. The lowest BCUT2D eigenvalue weighted by Gasteiger charge is -2.31. The molecule has 0 saturated carbocycles. The van der Waals surface area contributed by atoms with Crippen LogP contribution < -0.4 is 10.6 Å². The molecule has 0 radical (unpaired) electrons. The zero-order chi connectivity index (χ0) is 19.2. The van der Waals surface area contributed by atoms with Crippen LogP contribution in [0.2, 0.25) is 0 Å². The zero-order valence-electron chi connectivity index (χ0n) is 16.1. The molecule has 0 bridgehead atoms. The van der Waals surface area contributed by atoms with Gasteiger partial charge in [-0.1, -0.05) is 12.1 Å². The van der Waals surface area contributed by atoms with Crippen LogP contribution in [0.4, 0.5) is 4.39 Å². The van der Waals surface area contributed by atoms with E-state index in [9.17, 15) is 14.0 Å². The minimum atomic E-state index is -0.248. The molecule has 2 saturated heterocycles. The van der Waals surface area contributed by atoms with Crippen molar-refractivity contribution in [1.82, 2.24) is 15.5 Å². The Morgan fingerprint density at radius 2 is 2.04 bits per heavy atom. The Hall–Kier alpha value is -1.95. The van der Waals surface area contributed by atoms with Crippen molar-refractivity contribution < 1.29 is 14.0 Å². The maximum Gasteiger partial charge on any atom is 0.223 e. The van der Waals surface area contributed by atoms with Crippen molar-refractivity contribution in [3.63, 3.8) is 0 Å². The molecule has 0 aromatic heterocycles. The molecule has 1 atom stereocenters. The normalized spacial score (nSPS) is 20.7. The first-order valence-corrected chi connectivity index (χ1v) is 10.0. The third-order valence-corrected chi connectivity index (χ3v) is 5.85. The number of amides is 2. The van der Waals surface area contributed by atoms with Crippen molar-refractivity contribution in [1.29, 1.82) is 0 Å². The molecule has 2 aliphatic heterocycles. The Morgan fingerprint density at radius 3 is 2.70 bits per heavy atom. The van der Waals surface area contributed by atoms with Crippen LogP contribution in [0, 0.1) is 24.6 Å². The van der Waals surface area contributed by atoms with E-state index < -0.39 is 0 Å². The number of rotatable bonds is 6. The first-order valence-electron chi connectivity index (χ1n) is 10.0. The van der Waals surface area contributed by atoms with Crippen LogP contribution in [-0.2, 0) is 16.1 Å². The van der Waals surface area contributed by atoms with E-state index in [0.29, 0.717) is 50.4 Å². The molecular formula is C21H30FN3O2. The second-order valence-corrected chi connectivity index (χ2v) is 7.85. The van der Waals surface area contributed by atoms with Gasteiger partial charge in [0.2, 0.25) is 11.8 Å². The van der Waals surface area contributed by atoms with E-state index >= 15 is 0 Å². The van der Waals surface area contributed by atoms with Gasteiger partial charge in [-0.25, -0.2) is 4.39 Å². The van der Waals surface area contributed by atoms with Gasteiger partial charge < -0.3 is 15.5 Å². The summed E-state index contributed by atoms with van der Waals surface area (Å²) in [7, 11) is 0. The number of carbonyl (C=O) groups is 2. The van der Waals surface area contributed by atoms with E-state index in [2.05, 4.69) is 10.6 Å². The van der Waals surface area contributed by atoms with Gasteiger partial charge in [0.15, 0.2) is 0 Å². The van der Waals surface area contributed by atoms with E-state index in [4.69, 9.17) is 0 Å². The molecule has 2 aliphatic rings. The highest BCUT2D eigenvalue weighted by atomic mass is 19.1. The number of carbonyl (C=O) groups excluding carboxylic acids is 2. The molecule has 0 spiro atoms. The largest absolute Gasteiger partial charge is 0.352 e. The van der Waals surface area contributed by atoms with Crippen LogP contribution in [0.1, 0.15) is 43.2 Å². The molecule has 6 heteroatoms. The second kappa shape index (κ2) is 9.31. The number of likely N-dealkylation sites (tertiary alicyclic amines) is 1. The van der Waals surface area contributed by atoms with Gasteiger partial charge in [-0.3, -0.25) is 9.59 Å². The van der Waals surface area contributed by atoms with Crippen LogP contribution in [0.5, 0.6) is 0 Å². The van der Waals surface area contributed by atoms with Gasteiger partial charge in [-0.2, -0.15) is 0 Å². The summed E-state index contributed by atoms with van der Waals surface area (Å²) in [5, 5.41) is 6.24. The van der Waals surface area contributed by atoms with Crippen LogP contribution in [0.3, 0.4) is 0 Å². The Kier molecular flexibility index (Phi) is 6.83. The fraction of sp³-hybridized carbons (Fsp3) is 0.619. The molecular weight excluding hydrogens is 345 g/mol. The number of nitrogens with one attached hydrogen (secondary N) is 2. The van der Waals surface area contributed by atoms with Crippen molar-refractivity contribution in [3.05, 3.63) is 35.1 Å². The maximum atomic E-state index is 13.6. The Balaban J connectivity index is 1.38. The monoisotopic (exact) mass is 375 g/mol. The summed E-state index contributed by atoms with van der Waals surface area (Å²) in [6.45, 7) is 5.45. The third kappa shape index (κ3) is 5.51. The number of benzene rings is 1. The van der Waals surface area contributed by atoms with Gasteiger partial charge in [0, 0.05) is 32.0 Å². The van der Waals surface area contributed by atoms with E-state index in [-0.39, 0.29) is 23.5 Å². The second-order valence-electron chi connectivity index (χ2n) is 7.85. The highest BCUT2D eigenvalue weighted by molar-refractivity contribution is 5.80. The molecule has 148 valence electrons. The SMILES string of the molecule is Cc1ccc(CNC(=O)C2CCN(C(=O)CCC3CCNC3)CC2)cc1F. The van der Waals surface area contributed by atoms with Crippen LogP contribution in [0.25, 0.3) is 0 Å². The number of halogens is 1. The van der Waals surface area contributed by atoms with Crippen molar-refractivity contribution in [2.45, 2.75) is 45.6 Å². The molecule has 1 aromatic rings. The molecule has 2 N–H and O–H groups in total. The van der Waals surface area contributed by atoms with Gasteiger partial charge in [0.05, 0.1) is 0 Å². The average molecular weight is 375 g/mol. The first kappa shape index (κ1) is 19.8. The Labute approximate surface area is 160 Å². The summed E-state index contributed by atoms with van der Waals surface area (Å²) in [4.78, 5) is 26.7. The van der Waals surface area contributed by atoms with Crippen molar-refractivity contribution in [2.24, 2.45) is 11.8 Å². The molecule has 3 rings (SSSR count). The van der Waals surface area contributed by atoms with E-state index in [1.807, 2.05) is 11.0 Å². The topological polar surface area (TPSA) is 61.4 Å². The molecule has 2 fully saturated rings. The summed E-state index contributed by atoms with van der Waals surface area (Å²) in [6, 6.07) is 5.03. The van der Waals surface area contributed by atoms with Crippen LogP contribution >= 0.6 is 0 Å². The van der Waals surface area contributed by atoms with Crippen molar-refractivity contribution in [2.75, 3.05) is 26.2 Å². The average Bonchev–Trinajstić information content (AvgIpc) is 3.20. The van der Waals surface area contributed by atoms with Crippen molar-refractivity contribution in [3.8, 4) is 0 Å². The highest BCUT2D eigenvalue weighted by Crippen LogP contribution is 2.20. The summed E-state index contributed by atoms with van der Waals surface area (Å²) in [5.41, 5.74) is 1.37. The summed E-state index contributed by atoms with van der Waals surface area (Å²) < 4.78 is 13.6. The van der Waals surface area contributed by atoms with E-state index in [1.54, 1.807) is 13.0 Å². The Morgan fingerprint density at radius 1 is 1.26 bits per heavy atom. The third-order valence-electron chi connectivity index (χ3n) is 5.85. The van der Waals surface area contributed by atoms with E-state index in [0.717, 1.165) is 25.1 Å².